The minimum atomic E-state index is 0.333. The molecule has 0 spiro atoms. The van der Waals surface area contributed by atoms with Crippen LogP contribution in [-0.2, 0) is 0 Å². The molecule has 0 saturated heterocycles. The smallest absolute Gasteiger partial charge is 0.176 e. The molecule has 0 amide bonds. The lowest BCUT2D eigenvalue weighted by atomic mass is 10.2. The van der Waals surface area contributed by atoms with Gasteiger partial charge in [0, 0.05) is 41.5 Å². The number of imidazole rings is 1. The number of rotatable bonds is 2. The van der Waals surface area contributed by atoms with Gasteiger partial charge in [-0.1, -0.05) is 24.3 Å². The van der Waals surface area contributed by atoms with E-state index in [0.29, 0.717) is 11.8 Å². The van der Waals surface area contributed by atoms with Crippen LogP contribution in [0, 0.1) is 13.8 Å². The molecule has 132 valence electrons. The Hall–Kier alpha value is -3.28. The number of aromatic nitrogens is 6. The molecule has 1 saturated carbocycles. The third-order valence-corrected chi connectivity index (χ3v) is 5.71. The molecule has 6 nitrogen and oxygen atoms in total. The predicted molar refractivity (Wildman–Crippen MR) is 103 cm³/mol. The van der Waals surface area contributed by atoms with Crippen LogP contribution >= 0.6 is 0 Å². The topological polar surface area (TPSA) is 60.4 Å². The lowest BCUT2D eigenvalue weighted by molar-refractivity contribution is 0.846. The van der Waals surface area contributed by atoms with Crippen molar-refractivity contribution < 1.29 is 0 Å². The molecule has 4 aromatic heterocycles. The van der Waals surface area contributed by atoms with Crippen molar-refractivity contribution >= 4 is 22.1 Å². The van der Waals surface area contributed by atoms with Gasteiger partial charge in [-0.15, -0.1) is 0 Å². The quantitative estimate of drug-likeness (QED) is 0.484. The molecule has 5 aromatic rings. The Kier molecular flexibility index (Phi) is 2.82. The first-order valence-corrected chi connectivity index (χ1v) is 9.25. The molecule has 27 heavy (non-hydrogen) atoms. The number of hydrogen-bond acceptors (Lipinski definition) is 4. The summed E-state index contributed by atoms with van der Waals surface area (Å²) >= 11 is 0. The first-order valence-electron chi connectivity index (χ1n) is 9.25. The van der Waals surface area contributed by atoms with Crippen molar-refractivity contribution in [3.05, 3.63) is 71.8 Å². The van der Waals surface area contributed by atoms with E-state index in [4.69, 9.17) is 9.97 Å². The van der Waals surface area contributed by atoms with Gasteiger partial charge in [0.15, 0.2) is 11.5 Å². The number of pyridine rings is 1. The fourth-order valence-corrected chi connectivity index (χ4v) is 4.15. The number of aryl methyl sites for hydroxylation is 2. The Morgan fingerprint density at radius 1 is 0.963 bits per heavy atom. The highest BCUT2D eigenvalue weighted by atomic mass is 15.3. The van der Waals surface area contributed by atoms with E-state index in [1.54, 1.807) is 6.20 Å². The van der Waals surface area contributed by atoms with E-state index in [2.05, 4.69) is 57.9 Å². The summed E-state index contributed by atoms with van der Waals surface area (Å²) in [5, 5.41) is 7.09. The molecule has 0 bridgehead atoms. The third kappa shape index (κ3) is 2.07. The van der Waals surface area contributed by atoms with Gasteiger partial charge in [0.2, 0.25) is 0 Å². The van der Waals surface area contributed by atoms with Gasteiger partial charge < -0.3 is 4.40 Å². The fraction of sp³-hybridized carbons (Fsp3) is 0.238. The van der Waals surface area contributed by atoms with Crippen molar-refractivity contribution in [3.8, 4) is 0 Å². The van der Waals surface area contributed by atoms with Crippen LogP contribution in [0.3, 0.4) is 0 Å². The maximum absolute atomic E-state index is 5.04. The second-order valence-electron chi connectivity index (χ2n) is 7.38. The molecule has 1 aliphatic carbocycles. The second kappa shape index (κ2) is 5.13. The Labute approximate surface area is 155 Å². The van der Waals surface area contributed by atoms with E-state index in [-0.39, 0.29) is 0 Å². The molecule has 1 fully saturated rings. The monoisotopic (exact) mass is 354 g/mol. The van der Waals surface area contributed by atoms with Gasteiger partial charge in [-0.3, -0.25) is 4.98 Å². The lowest BCUT2D eigenvalue weighted by Gasteiger charge is -2.01. The van der Waals surface area contributed by atoms with Gasteiger partial charge >= 0.3 is 0 Å². The zero-order valence-corrected chi connectivity index (χ0v) is 15.2. The van der Waals surface area contributed by atoms with Crippen molar-refractivity contribution in [2.24, 2.45) is 0 Å². The van der Waals surface area contributed by atoms with E-state index in [1.807, 2.05) is 17.6 Å². The van der Waals surface area contributed by atoms with Crippen molar-refractivity contribution in [3.63, 3.8) is 0 Å². The Balaban J connectivity index is 1.44. The average molecular weight is 354 g/mol. The molecular formula is C21H18N6. The number of benzene rings is 1. The summed E-state index contributed by atoms with van der Waals surface area (Å²) in [7, 11) is 0. The van der Waals surface area contributed by atoms with E-state index >= 15 is 0 Å². The molecule has 0 aliphatic heterocycles. The fourth-order valence-electron chi connectivity index (χ4n) is 4.15. The number of nitrogens with zero attached hydrogens (tertiary/aromatic N) is 6. The van der Waals surface area contributed by atoms with Crippen molar-refractivity contribution in [2.45, 2.75) is 32.1 Å². The first kappa shape index (κ1) is 14.8. The Morgan fingerprint density at radius 3 is 2.74 bits per heavy atom. The maximum atomic E-state index is 5.04. The molecule has 2 unspecified atom stereocenters. The summed E-state index contributed by atoms with van der Waals surface area (Å²) in [4.78, 5) is 14.1. The second-order valence-corrected chi connectivity index (χ2v) is 7.38. The van der Waals surface area contributed by atoms with Crippen LogP contribution in [0.1, 0.15) is 41.2 Å². The molecule has 2 atom stereocenters. The van der Waals surface area contributed by atoms with E-state index in [0.717, 1.165) is 29.2 Å². The van der Waals surface area contributed by atoms with Crippen LogP contribution in [0.25, 0.3) is 22.1 Å². The van der Waals surface area contributed by atoms with Crippen molar-refractivity contribution in [1.29, 1.82) is 0 Å². The molecule has 1 aliphatic rings. The number of hydrogen-bond donors (Lipinski definition) is 0. The zero-order valence-electron chi connectivity index (χ0n) is 15.2. The van der Waals surface area contributed by atoms with E-state index < -0.39 is 0 Å². The van der Waals surface area contributed by atoms with Crippen LogP contribution in [-0.4, -0.2) is 29.0 Å². The normalized spacial score (nSPS) is 19.3. The SMILES string of the molecule is Cc1nccn2nc(C3CC3c3nc4c5ccccc5ccn4c3C)nc12. The molecule has 4 heterocycles. The van der Waals surface area contributed by atoms with E-state index in [9.17, 15) is 0 Å². The Morgan fingerprint density at radius 2 is 1.85 bits per heavy atom. The van der Waals surface area contributed by atoms with Crippen LogP contribution in [0.15, 0.2) is 48.9 Å². The van der Waals surface area contributed by atoms with Gasteiger partial charge in [0.1, 0.15) is 5.65 Å². The summed E-state index contributed by atoms with van der Waals surface area (Å²) in [6.45, 7) is 4.13. The van der Waals surface area contributed by atoms with Gasteiger partial charge in [0.05, 0.1) is 11.4 Å². The summed E-state index contributed by atoms with van der Waals surface area (Å²) in [5.74, 6) is 1.62. The third-order valence-electron chi connectivity index (χ3n) is 5.71. The molecule has 6 heteroatoms. The summed E-state index contributed by atoms with van der Waals surface area (Å²) in [6.07, 6.45) is 6.80. The van der Waals surface area contributed by atoms with Gasteiger partial charge in [-0.25, -0.2) is 14.5 Å². The van der Waals surface area contributed by atoms with Gasteiger partial charge in [-0.2, -0.15) is 5.10 Å². The summed E-state index contributed by atoms with van der Waals surface area (Å²) in [6, 6.07) is 10.6. The van der Waals surface area contributed by atoms with Crippen LogP contribution in [0.4, 0.5) is 0 Å². The minimum absolute atomic E-state index is 0.333. The van der Waals surface area contributed by atoms with E-state index in [1.165, 1.54) is 22.2 Å². The standard InChI is InChI=1S/C21H18N6/c1-12-20-24-19(25-27(20)10-8-22-12)17-11-16(17)18-13(2)26-9-7-14-5-3-4-6-15(14)21(26)23-18/h3-10,16-17H,11H2,1-2H3. The van der Waals surface area contributed by atoms with Crippen LogP contribution in [0.5, 0.6) is 0 Å². The largest absolute Gasteiger partial charge is 0.304 e. The summed E-state index contributed by atoms with van der Waals surface area (Å²) < 4.78 is 4.04. The highest BCUT2D eigenvalue weighted by Crippen LogP contribution is 2.54. The molecule has 0 N–H and O–H groups in total. The van der Waals surface area contributed by atoms with Crippen molar-refractivity contribution in [1.82, 2.24) is 29.0 Å². The predicted octanol–water partition coefficient (Wildman–Crippen LogP) is 3.81. The summed E-state index contributed by atoms with van der Waals surface area (Å²) in [5.41, 5.74) is 5.17. The molecule has 6 rings (SSSR count). The molecule has 0 radical (unpaired) electrons. The highest BCUT2D eigenvalue weighted by molar-refractivity contribution is 5.94. The van der Waals surface area contributed by atoms with Crippen molar-refractivity contribution in [2.75, 3.05) is 0 Å². The number of fused-ring (bicyclic) bond motifs is 4. The minimum Gasteiger partial charge on any atom is -0.304 e. The lowest BCUT2D eigenvalue weighted by Crippen LogP contribution is -1.92. The van der Waals surface area contributed by atoms with Crippen LogP contribution in [0.2, 0.25) is 0 Å². The maximum Gasteiger partial charge on any atom is 0.176 e. The van der Waals surface area contributed by atoms with Gasteiger partial charge in [0.25, 0.3) is 0 Å². The highest BCUT2D eigenvalue weighted by Gasteiger charge is 2.45. The Bertz CT molecular complexity index is 1350. The molecular weight excluding hydrogens is 336 g/mol. The average Bonchev–Trinajstić information content (AvgIpc) is 3.22. The molecule has 1 aromatic carbocycles. The van der Waals surface area contributed by atoms with Crippen LogP contribution < -0.4 is 0 Å². The van der Waals surface area contributed by atoms with Gasteiger partial charge in [-0.05, 0) is 31.7 Å². The zero-order chi connectivity index (χ0) is 18.1. The first-order chi connectivity index (χ1) is 13.2.